The first kappa shape index (κ1) is 19.1. The van der Waals surface area contributed by atoms with Crippen LogP contribution < -0.4 is 10.6 Å². The molecule has 0 spiro atoms. The Morgan fingerprint density at radius 2 is 1.93 bits per heavy atom. The minimum Gasteiger partial charge on any atom is -0.478 e. The topological polar surface area (TPSA) is 81.7 Å². The summed E-state index contributed by atoms with van der Waals surface area (Å²) < 4.78 is 13.5. The highest BCUT2D eigenvalue weighted by Crippen LogP contribution is 2.35. The van der Waals surface area contributed by atoms with Crippen molar-refractivity contribution in [1.82, 2.24) is 10.2 Å². The number of halogens is 2. The standard InChI is InChI=1S/C19H19ClFN3O3/c1-11-13(18(25)26)3-4-14(12-2-5-16(21)15(20)10-12)17(11)23-19(27)24-8-6-22-7-9-24/h2-5,10,22H,6-9H2,1H3,(H,23,27)(H,25,26). The van der Waals surface area contributed by atoms with Gasteiger partial charge in [0.2, 0.25) is 0 Å². The van der Waals surface area contributed by atoms with E-state index in [9.17, 15) is 19.1 Å². The van der Waals surface area contributed by atoms with Crippen LogP contribution in [0.5, 0.6) is 0 Å². The van der Waals surface area contributed by atoms with Gasteiger partial charge in [-0.3, -0.25) is 0 Å². The van der Waals surface area contributed by atoms with E-state index in [4.69, 9.17) is 11.6 Å². The molecule has 0 radical (unpaired) electrons. The number of aromatic carboxylic acids is 1. The lowest BCUT2D eigenvalue weighted by molar-refractivity contribution is 0.0696. The maximum absolute atomic E-state index is 13.5. The molecule has 1 saturated heterocycles. The minimum absolute atomic E-state index is 0.0492. The van der Waals surface area contributed by atoms with Crippen molar-refractivity contribution in [2.45, 2.75) is 6.92 Å². The van der Waals surface area contributed by atoms with E-state index in [1.807, 2.05) is 0 Å². The SMILES string of the molecule is Cc1c(C(=O)O)ccc(-c2ccc(F)c(Cl)c2)c1NC(=O)N1CCNCC1. The number of nitrogens with one attached hydrogen (secondary N) is 2. The maximum atomic E-state index is 13.5. The first-order valence-electron chi connectivity index (χ1n) is 8.47. The second-order valence-electron chi connectivity index (χ2n) is 6.26. The molecule has 0 bridgehead atoms. The number of rotatable bonds is 3. The Kier molecular flexibility index (Phi) is 5.62. The molecule has 0 unspecified atom stereocenters. The summed E-state index contributed by atoms with van der Waals surface area (Å²) in [7, 11) is 0. The molecule has 1 heterocycles. The Morgan fingerprint density at radius 3 is 2.56 bits per heavy atom. The zero-order chi connectivity index (χ0) is 19.6. The summed E-state index contributed by atoms with van der Waals surface area (Å²) in [5.41, 5.74) is 2.03. The molecule has 2 aromatic rings. The van der Waals surface area contributed by atoms with Crippen LogP contribution in [-0.4, -0.2) is 48.2 Å². The quantitative estimate of drug-likeness (QED) is 0.746. The lowest BCUT2D eigenvalue weighted by atomic mass is 9.96. The van der Waals surface area contributed by atoms with E-state index in [0.717, 1.165) is 0 Å². The summed E-state index contributed by atoms with van der Waals surface area (Å²) in [6, 6.07) is 6.97. The Bertz CT molecular complexity index is 898. The Labute approximate surface area is 160 Å². The number of carboxylic acid groups (broad SMARTS) is 1. The maximum Gasteiger partial charge on any atom is 0.336 e. The van der Waals surface area contributed by atoms with Gasteiger partial charge in [0.15, 0.2) is 0 Å². The molecule has 2 aromatic carbocycles. The van der Waals surface area contributed by atoms with E-state index in [0.29, 0.717) is 48.6 Å². The minimum atomic E-state index is -1.09. The average Bonchev–Trinajstić information content (AvgIpc) is 2.66. The van der Waals surface area contributed by atoms with Gasteiger partial charge in [-0.1, -0.05) is 23.7 Å². The van der Waals surface area contributed by atoms with Crippen LogP contribution in [0.4, 0.5) is 14.9 Å². The summed E-state index contributed by atoms with van der Waals surface area (Å²) >= 11 is 5.89. The Morgan fingerprint density at radius 1 is 1.22 bits per heavy atom. The molecule has 3 N–H and O–H groups in total. The molecule has 0 aromatic heterocycles. The number of carbonyl (C=O) groups is 2. The number of amides is 2. The van der Waals surface area contributed by atoms with Gasteiger partial charge < -0.3 is 20.6 Å². The van der Waals surface area contributed by atoms with Crippen LogP contribution in [0.25, 0.3) is 11.1 Å². The highest BCUT2D eigenvalue weighted by atomic mass is 35.5. The Balaban J connectivity index is 2.04. The fourth-order valence-corrected chi connectivity index (χ4v) is 3.24. The largest absolute Gasteiger partial charge is 0.478 e. The highest BCUT2D eigenvalue weighted by molar-refractivity contribution is 6.31. The smallest absolute Gasteiger partial charge is 0.336 e. The summed E-state index contributed by atoms with van der Waals surface area (Å²) in [6.07, 6.45) is 0. The highest BCUT2D eigenvalue weighted by Gasteiger charge is 2.21. The molecule has 3 rings (SSSR count). The van der Waals surface area contributed by atoms with E-state index in [1.165, 1.54) is 24.3 Å². The number of nitrogens with zero attached hydrogens (tertiary/aromatic N) is 1. The normalized spacial score (nSPS) is 14.1. The predicted octanol–water partition coefficient (Wildman–Crippen LogP) is 3.59. The van der Waals surface area contributed by atoms with E-state index < -0.39 is 11.8 Å². The molecule has 1 aliphatic rings. The fourth-order valence-electron chi connectivity index (χ4n) is 3.06. The molecule has 8 heteroatoms. The van der Waals surface area contributed by atoms with Gasteiger partial charge in [0, 0.05) is 31.7 Å². The van der Waals surface area contributed by atoms with Crippen LogP contribution in [0.2, 0.25) is 5.02 Å². The van der Waals surface area contributed by atoms with Crippen molar-refractivity contribution in [3.8, 4) is 11.1 Å². The van der Waals surface area contributed by atoms with E-state index in [-0.39, 0.29) is 16.6 Å². The zero-order valence-electron chi connectivity index (χ0n) is 14.7. The van der Waals surface area contributed by atoms with Crippen LogP contribution in [-0.2, 0) is 0 Å². The number of piperazine rings is 1. The van der Waals surface area contributed by atoms with Crippen molar-refractivity contribution in [3.63, 3.8) is 0 Å². The van der Waals surface area contributed by atoms with Gasteiger partial charge in [-0.25, -0.2) is 14.0 Å². The average molecular weight is 392 g/mol. The predicted molar refractivity (Wildman–Crippen MR) is 102 cm³/mol. The summed E-state index contributed by atoms with van der Waals surface area (Å²) in [6.45, 7) is 4.14. The number of carboxylic acids is 1. The summed E-state index contributed by atoms with van der Waals surface area (Å²) in [5, 5.41) is 15.4. The van der Waals surface area contributed by atoms with Gasteiger partial charge in [0.25, 0.3) is 0 Å². The number of hydrogen-bond donors (Lipinski definition) is 3. The van der Waals surface area contributed by atoms with Gasteiger partial charge in [-0.2, -0.15) is 0 Å². The van der Waals surface area contributed by atoms with E-state index in [2.05, 4.69) is 10.6 Å². The third-order valence-electron chi connectivity index (χ3n) is 4.56. The molecule has 1 aliphatic heterocycles. The monoisotopic (exact) mass is 391 g/mol. The first-order valence-corrected chi connectivity index (χ1v) is 8.85. The van der Waals surface area contributed by atoms with Gasteiger partial charge in [0.1, 0.15) is 5.82 Å². The van der Waals surface area contributed by atoms with Gasteiger partial charge in [0.05, 0.1) is 16.3 Å². The van der Waals surface area contributed by atoms with Crippen molar-refractivity contribution in [1.29, 1.82) is 0 Å². The Hall–Kier alpha value is -2.64. The molecule has 27 heavy (non-hydrogen) atoms. The molecular formula is C19H19ClFN3O3. The first-order chi connectivity index (χ1) is 12.9. The summed E-state index contributed by atoms with van der Waals surface area (Å²) in [5.74, 6) is -1.64. The van der Waals surface area contributed by atoms with Crippen LogP contribution >= 0.6 is 11.6 Å². The van der Waals surface area contributed by atoms with Gasteiger partial charge in [-0.15, -0.1) is 0 Å². The molecule has 142 valence electrons. The molecular weight excluding hydrogens is 373 g/mol. The van der Waals surface area contributed by atoms with Gasteiger partial charge >= 0.3 is 12.0 Å². The lowest BCUT2D eigenvalue weighted by Crippen LogP contribution is -2.48. The van der Waals surface area contributed by atoms with E-state index in [1.54, 1.807) is 17.9 Å². The molecule has 0 atom stereocenters. The summed E-state index contributed by atoms with van der Waals surface area (Å²) in [4.78, 5) is 25.8. The third-order valence-corrected chi connectivity index (χ3v) is 4.85. The molecule has 0 aliphatic carbocycles. The van der Waals surface area contributed by atoms with Crippen LogP contribution in [0, 0.1) is 12.7 Å². The number of urea groups is 1. The van der Waals surface area contributed by atoms with Crippen LogP contribution in [0.15, 0.2) is 30.3 Å². The zero-order valence-corrected chi connectivity index (χ0v) is 15.4. The van der Waals surface area contributed by atoms with E-state index >= 15 is 0 Å². The molecule has 1 fully saturated rings. The van der Waals surface area contributed by atoms with Crippen molar-refractivity contribution in [2.75, 3.05) is 31.5 Å². The lowest BCUT2D eigenvalue weighted by Gasteiger charge is -2.28. The van der Waals surface area contributed by atoms with Crippen LogP contribution in [0.1, 0.15) is 15.9 Å². The third kappa shape index (κ3) is 4.04. The van der Waals surface area contributed by atoms with Crippen molar-refractivity contribution in [3.05, 3.63) is 52.3 Å². The number of hydrogen-bond acceptors (Lipinski definition) is 3. The fraction of sp³-hybridized carbons (Fsp3) is 0.263. The second-order valence-corrected chi connectivity index (χ2v) is 6.67. The van der Waals surface area contributed by atoms with Gasteiger partial charge in [-0.05, 0) is 36.2 Å². The number of benzene rings is 2. The van der Waals surface area contributed by atoms with Crippen molar-refractivity contribution < 1.29 is 19.1 Å². The van der Waals surface area contributed by atoms with Crippen molar-refractivity contribution in [2.24, 2.45) is 0 Å². The molecule has 0 saturated carbocycles. The number of carbonyl (C=O) groups excluding carboxylic acids is 1. The molecule has 2 amide bonds. The van der Waals surface area contributed by atoms with Crippen molar-refractivity contribution >= 4 is 29.3 Å². The van der Waals surface area contributed by atoms with Crippen LogP contribution in [0.3, 0.4) is 0 Å². The second kappa shape index (κ2) is 7.94. The number of anilines is 1. The molecule has 6 nitrogen and oxygen atoms in total.